The summed E-state index contributed by atoms with van der Waals surface area (Å²) < 4.78 is 0. The largest absolute Gasteiger partial charge is 0.120 e. The van der Waals surface area contributed by atoms with Crippen molar-refractivity contribution in [3.63, 3.8) is 0 Å². The predicted octanol–water partition coefficient (Wildman–Crippen LogP) is 3.06. The Morgan fingerprint density at radius 3 is 1.91 bits per heavy atom. The summed E-state index contributed by atoms with van der Waals surface area (Å²) in [5.41, 5.74) is 0. The molecule has 0 aromatic heterocycles. The first-order chi connectivity index (χ1) is 5.31. The van der Waals surface area contributed by atoms with Gasteiger partial charge in [-0.1, -0.05) is 44.8 Å². The van der Waals surface area contributed by atoms with Crippen molar-refractivity contribution in [3.05, 3.63) is 0 Å². The van der Waals surface area contributed by atoms with E-state index >= 15 is 0 Å². The average Bonchev–Trinajstić information content (AvgIpc) is 2.07. The molecule has 1 rings (SSSR count). The smallest absolute Gasteiger partial charge is 0.0336 e. The molecule has 0 amide bonds. The third-order valence-corrected chi connectivity index (χ3v) is 4.89. The van der Waals surface area contributed by atoms with E-state index in [1.54, 1.807) is 24.9 Å². The van der Waals surface area contributed by atoms with Crippen LogP contribution in [0.25, 0.3) is 0 Å². The van der Waals surface area contributed by atoms with E-state index in [0.29, 0.717) is 0 Å². The molecule has 0 aromatic carbocycles. The van der Waals surface area contributed by atoms with Crippen LogP contribution in [0.5, 0.6) is 0 Å². The van der Waals surface area contributed by atoms with E-state index in [-0.39, 0.29) is 8.80 Å². The minimum Gasteiger partial charge on any atom is -0.120 e. The molecule has 1 aliphatic heterocycles. The molecule has 0 bridgehead atoms. The predicted molar refractivity (Wildman–Crippen MR) is 55.6 cm³/mol. The summed E-state index contributed by atoms with van der Waals surface area (Å²) in [5, 5.41) is 0. The van der Waals surface area contributed by atoms with Crippen molar-refractivity contribution < 1.29 is 0 Å². The van der Waals surface area contributed by atoms with Gasteiger partial charge in [-0.15, -0.1) is 12.3 Å². The van der Waals surface area contributed by atoms with Crippen molar-refractivity contribution in [1.29, 1.82) is 0 Å². The number of hydrogen-bond donors (Lipinski definition) is 0. The molecule has 0 N–H and O–H groups in total. The van der Waals surface area contributed by atoms with Gasteiger partial charge >= 0.3 is 0 Å². The fourth-order valence-corrected chi connectivity index (χ4v) is 3.57. The van der Waals surface area contributed by atoms with E-state index in [0.717, 1.165) is 6.42 Å². The average molecular weight is 168 g/mol. The Morgan fingerprint density at radius 2 is 1.73 bits per heavy atom. The van der Waals surface area contributed by atoms with Gasteiger partial charge in [0.2, 0.25) is 0 Å². The molecule has 64 valence electrons. The minimum atomic E-state index is -0.0945. The first kappa shape index (κ1) is 10.8. The van der Waals surface area contributed by atoms with Crippen LogP contribution >= 0.6 is 0 Å². The molecule has 1 heterocycles. The van der Waals surface area contributed by atoms with Gasteiger partial charge < -0.3 is 0 Å². The highest BCUT2D eigenvalue weighted by Crippen LogP contribution is 2.17. The lowest BCUT2D eigenvalue weighted by molar-refractivity contribution is 0.725. The summed E-state index contributed by atoms with van der Waals surface area (Å²) in [4.78, 5) is 0. The second kappa shape index (κ2) is 7.88. The van der Waals surface area contributed by atoms with Crippen LogP contribution in [0.1, 0.15) is 32.6 Å². The molecule has 1 saturated heterocycles. The van der Waals surface area contributed by atoms with E-state index in [1.165, 1.54) is 6.42 Å². The lowest BCUT2D eigenvalue weighted by atomic mass is 10.3. The first-order valence-corrected chi connectivity index (χ1v) is 7.53. The van der Waals surface area contributed by atoms with E-state index in [4.69, 9.17) is 6.42 Å². The van der Waals surface area contributed by atoms with Crippen LogP contribution in [0.4, 0.5) is 0 Å². The molecule has 0 saturated carbocycles. The molecule has 0 nitrogen and oxygen atoms in total. The Labute approximate surface area is 73.0 Å². The first-order valence-electron chi connectivity index (χ1n) is 4.74. The van der Waals surface area contributed by atoms with Crippen LogP contribution in [0, 0.1) is 12.3 Å². The molecule has 0 aromatic rings. The van der Waals surface area contributed by atoms with Gasteiger partial charge in [-0.2, -0.15) is 0 Å². The molecular weight excluding hydrogens is 148 g/mol. The highest BCUT2D eigenvalue weighted by Gasteiger charge is 2.07. The SMILES string of the molecule is C#CCC.C[SiH]1CCCCC1. The van der Waals surface area contributed by atoms with Crippen molar-refractivity contribution in [1.82, 2.24) is 0 Å². The highest BCUT2D eigenvalue weighted by molar-refractivity contribution is 6.57. The van der Waals surface area contributed by atoms with Crippen molar-refractivity contribution in [2.45, 2.75) is 51.2 Å². The fraction of sp³-hybridized carbons (Fsp3) is 0.800. The van der Waals surface area contributed by atoms with Gasteiger partial charge in [-0.3, -0.25) is 0 Å². The van der Waals surface area contributed by atoms with Gasteiger partial charge in [0.25, 0.3) is 0 Å². The Balaban J connectivity index is 0.000000218. The van der Waals surface area contributed by atoms with Crippen molar-refractivity contribution in [2.75, 3.05) is 0 Å². The summed E-state index contributed by atoms with van der Waals surface area (Å²) in [6, 6.07) is 3.25. The molecule has 0 aliphatic carbocycles. The Kier molecular flexibility index (Phi) is 7.72. The Hall–Kier alpha value is -0.223. The zero-order chi connectivity index (χ0) is 8.53. The molecule has 1 aliphatic rings. The van der Waals surface area contributed by atoms with Gasteiger partial charge in [0, 0.05) is 15.2 Å². The van der Waals surface area contributed by atoms with E-state index in [2.05, 4.69) is 12.5 Å². The van der Waals surface area contributed by atoms with Crippen molar-refractivity contribution in [2.24, 2.45) is 0 Å². The monoisotopic (exact) mass is 168 g/mol. The number of rotatable bonds is 0. The van der Waals surface area contributed by atoms with Crippen LogP contribution in [0.2, 0.25) is 18.6 Å². The molecular formula is C10H20Si. The number of hydrogen-bond acceptors (Lipinski definition) is 0. The zero-order valence-electron chi connectivity index (χ0n) is 7.90. The van der Waals surface area contributed by atoms with Gasteiger partial charge in [0.05, 0.1) is 0 Å². The molecule has 0 atom stereocenters. The lowest BCUT2D eigenvalue weighted by Gasteiger charge is -2.14. The normalized spacial score (nSPS) is 17.9. The summed E-state index contributed by atoms with van der Waals surface area (Å²) in [6.07, 6.45) is 10.2. The summed E-state index contributed by atoms with van der Waals surface area (Å²) in [7, 11) is -0.0945. The van der Waals surface area contributed by atoms with Crippen LogP contribution in [-0.4, -0.2) is 8.80 Å². The molecule has 1 fully saturated rings. The standard InChI is InChI=1S/C6H14Si.C4H6/c1-7-5-3-2-4-6-7;1-3-4-2/h7H,2-6H2,1H3;1H,4H2,2H3. The summed E-state index contributed by atoms with van der Waals surface area (Å²) >= 11 is 0. The molecule has 0 unspecified atom stereocenters. The minimum absolute atomic E-state index is 0.0945. The zero-order valence-corrected chi connectivity index (χ0v) is 9.05. The fourth-order valence-electron chi connectivity index (χ4n) is 1.31. The van der Waals surface area contributed by atoms with Gasteiger partial charge in [-0.25, -0.2) is 0 Å². The maximum absolute atomic E-state index is 4.78. The highest BCUT2D eigenvalue weighted by atomic mass is 28.3. The van der Waals surface area contributed by atoms with E-state index in [9.17, 15) is 0 Å². The summed E-state index contributed by atoms with van der Waals surface area (Å²) in [6.45, 7) is 4.44. The van der Waals surface area contributed by atoms with Gasteiger partial charge in [0.15, 0.2) is 0 Å². The Morgan fingerprint density at radius 1 is 1.27 bits per heavy atom. The maximum Gasteiger partial charge on any atom is 0.0336 e. The number of terminal acetylenes is 1. The third kappa shape index (κ3) is 7.68. The Bertz CT molecular complexity index is 107. The third-order valence-electron chi connectivity index (χ3n) is 2.10. The van der Waals surface area contributed by atoms with Crippen LogP contribution in [-0.2, 0) is 0 Å². The summed E-state index contributed by atoms with van der Waals surface area (Å²) in [5.74, 6) is 2.43. The second-order valence-corrected chi connectivity index (χ2v) is 6.67. The van der Waals surface area contributed by atoms with Gasteiger partial charge in [0.1, 0.15) is 0 Å². The quantitative estimate of drug-likeness (QED) is 0.385. The second-order valence-electron chi connectivity index (χ2n) is 3.30. The van der Waals surface area contributed by atoms with Crippen LogP contribution < -0.4 is 0 Å². The van der Waals surface area contributed by atoms with Crippen LogP contribution in [0.15, 0.2) is 0 Å². The van der Waals surface area contributed by atoms with Crippen LogP contribution in [0.3, 0.4) is 0 Å². The molecule has 1 heteroatoms. The topological polar surface area (TPSA) is 0 Å². The van der Waals surface area contributed by atoms with Gasteiger partial charge in [-0.05, 0) is 0 Å². The van der Waals surface area contributed by atoms with E-state index in [1.807, 2.05) is 6.92 Å². The van der Waals surface area contributed by atoms with Crippen molar-refractivity contribution >= 4 is 8.80 Å². The van der Waals surface area contributed by atoms with E-state index < -0.39 is 0 Å². The van der Waals surface area contributed by atoms with Crippen molar-refractivity contribution in [3.8, 4) is 12.3 Å². The molecule has 0 radical (unpaired) electrons. The maximum atomic E-state index is 4.78. The molecule has 0 spiro atoms. The lowest BCUT2D eigenvalue weighted by Crippen LogP contribution is -2.09. The molecule has 11 heavy (non-hydrogen) atoms.